The number of hydrogen-bond acceptors (Lipinski definition) is 4. The Morgan fingerprint density at radius 1 is 1.19 bits per heavy atom. The first-order valence-corrected chi connectivity index (χ1v) is 10.8. The maximum atomic E-state index is 11.2. The highest BCUT2D eigenvalue weighted by Gasteiger charge is 2.27. The van der Waals surface area contributed by atoms with Crippen LogP contribution in [0, 0.1) is 0 Å². The number of aliphatic hydroxyl groups excluding tert-OH is 1. The Labute approximate surface area is 182 Å². The summed E-state index contributed by atoms with van der Waals surface area (Å²) in [6.07, 6.45) is 7.99. The number of benzene rings is 2. The molecule has 0 fully saturated rings. The van der Waals surface area contributed by atoms with Gasteiger partial charge in [0.25, 0.3) is 5.91 Å². The summed E-state index contributed by atoms with van der Waals surface area (Å²) in [5.41, 5.74) is 6.44. The summed E-state index contributed by atoms with van der Waals surface area (Å²) < 4.78 is 2.30. The number of nitrogens with zero attached hydrogens (tertiary/aromatic N) is 2. The summed E-state index contributed by atoms with van der Waals surface area (Å²) in [6, 6.07) is 17.2. The van der Waals surface area contributed by atoms with Gasteiger partial charge in [-0.3, -0.25) is 14.9 Å². The van der Waals surface area contributed by atoms with Crippen LogP contribution in [0.25, 0.3) is 17.0 Å². The van der Waals surface area contributed by atoms with E-state index in [0.29, 0.717) is 6.04 Å². The molecule has 1 aliphatic carbocycles. The van der Waals surface area contributed by atoms with Gasteiger partial charge in [-0.25, -0.2) is 5.48 Å². The number of aromatic nitrogens is 1. The molecule has 1 amide bonds. The van der Waals surface area contributed by atoms with Crippen LogP contribution < -0.4 is 5.48 Å². The lowest BCUT2D eigenvalue weighted by atomic mass is 10.0. The molecule has 0 bridgehead atoms. The molecule has 2 aromatic carbocycles. The van der Waals surface area contributed by atoms with E-state index in [-0.39, 0.29) is 6.61 Å². The largest absolute Gasteiger partial charge is 0.396 e. The van der Waals surface area contributed by atoms with Crippen molar-refractivity contribution >= 4 is 22.9 Å². The standard InChI is InChI=1S/C25H29N3O3/c29-17-3-13-27(15-16-28-14-12-20-4-1-2-5-23(20)28)24-10-8-21-18-19(6-9-22(21)24)7-11-25(30)26-31/h1-2,4-7,9,11-12,14,18,24,29,31H,3,8,10,13,15-17H2,(H,26,30). The first-order valence-electron chi connectivity index (χ1n) is 10.8. The number of hydroxylamine groups is 1. The van der Waals surface area contributed by atoms with E-state index in [4.69, 9.17) is 5.21 Å². The van der Waals surface area contributed by atoms with Gasteiger partial charge < -0.3 is 9.67 Å². The van der Waals surface area contributed by atoms with E-state index in [1.54, 1.807) is 11.6 Å². The van der Waals surface area contributed by atoms with Crippen molar-refractivity contribution < 1.29 is 15.1 Å². The average Bonchev–Trinajstić information content (AvgIpc) is 3.41. The highest BCUT2D eigenvalue weighted by Crippen LogP contribution is 2.36. The minimum absolute atomic E-state index is 0.194. The van der Waals surface area contributed by atoms with Gasteiger partial charge in [0.2, 0.25) is 0 Å². The SMILES string of the molecule is O=C(C=Cc1ccc2c(c1)CCC2N(CCCO)CCn1ccc2ccccc21)NO. The predicted octanol–water partition coefficient (Wildman–Crippen LogP) is 3.53. The Morgan fingerprint density at radius 3 is 2.90 bits per heavy atom. The lowest BCUT2D eigenvalue weighted by molar-refractivity contribution is -0.124. The highest BCUT2D eigenvalue weighted by atomic mass is 16.5. The second-order valence-electron chi connectivity index (χ2n) is 8.00. The van der Waals surface area contributed by atoms with Crippen molar-refractivity contribution in [2.45, 2.75) is 31.8 Å². The van der Waals surface area contributed by atoms with Crippen molar-refractivity contribution in [2.24, 2.45) is 0 Å². The topological polar surface area (TPSA) is 77.7 Å². The normalized spacial score (nSPS) is 15.8. The summed E-state index contributed by atoms with van der Waals surface area (Å²) in [6.45, 7) is 2.88. The Hall–Kier alpha value is -2.93. The van der Waals surface area contributed by atoms with E-state index < -0.39 is 5.91 Å². The third-order valence-electron chi connectivity index (χ3n) is 6.10. The number of hydrogen-bond donors (Lipinski definition) is 3. The number of fused-ring (bicyclic) bond motifs is 2. The average molecular weight is 420 g/mol. The minimum Gasteiger partial charge on any atom is -0.396 e. The molecule has 1 unspecified atom stereocenters. The number of aryl methyl sites for hydroxylation is 1. The lowest BCUT2D eigenvalue weighted by Gasteiger charge is -2.30. The Morgan fingerprint density at radius 2 is 2.06 bits per heavy atom. The van der Waals surface area contributed by atoms with E-state index in [1.165, 1.54) is 28.1 Å². The van der Waals surface area contributed by atoms with Gasteiger partial charge in [-0.1, -0.05) is 36.4 Å². The predicted molar refractivity (Wildman–Crippen MR) is 122 cm³/mol. The van der Waals surface area contributed by atoms with Crippen molar-refractivity contribution in [1.29, 1.82) is 0 Å². The zero-order chi connectivity index (χ0) is 21.6. The van der Waals surface area contributed by atoms with Gasteiger partial charge in [0.05, 0.1) is 0 Å². The molecule has 0 spiro atoms. The smallest absolute Gasteiger partial charge is 0.267 e. The quantitative estimate of drug-likeness (QED) is 0.282. The fourth-order valence-electron chi connectivity index (χ4n) is 4.58. The molecule has 0 aliphatic heterocycles. The zero-order valence-electron chi connectivity index (χ0n) is 17.6. The van der Waals surface area contributed by atoms with Crippen LogP contribution in [-0.4, -0.2) is 45.4 Å². The van der Waals surface area contributed by atoms with Crippen molar-refractivity contribution in [3.8, 4) is 0 Å². The van der Waals surface area contributed by atoms with Crippen LogP contribution in [0.4, 0.5) is 0 Å². The first-order chi connectivity index (χ1) is 15.2. The minimum atomic E-state index is -0.536. The van der Waals surface area contributed by atoms with Gasteiger partial charge in [0, 0.05) is 50.1 Å². The molecule has 3 N–H and O–H groups in total. The summed E-state index contributed by atoms with van der Waals surface area (Å²) in [5, 5.41) is 19.3. The van der Waals surface area contributed by atoms with Crippen LogP contribution in [0.2, 0.25) is 0 Å². The summed E-state index contributed by atoms with van der Waals surface area (Å²) in [5.74, 6) is -0.536. The van der Waals surface area contributed by atoms with Crippen LogP contribution in [-0.2, 0) is 17.8 Å². The maximum Gasteiger partial charge on any atom is 0.267 e. The number of carbonyl (C=O) groups excluding carboxylic acids is 1. The second-order valence-corrected chi connectivity index (χ2v) is 8.00. The molecule has 6 nitrogen and oxygen atoms in total. The van der Waals surface area contributed by atoms with Crippen LogP contribution in [0.3, 0.4) is 0 Å². The molecule has 31 heavy (non-hydrogen) atoms. The van der Waals surface area contributed by atoms with Crippen molar-refractivity contribution in [3.05, 3.63) is 77.5 Å². The fourth-order valence-corrected chi connectivity index (χ4v) is 4.58. The summed E-state index contributed by atoms with van der Waals surface area (Å²) in [7, 11) is 0. The van der Waals surface area contributed by atoms with E-state index >= 15 is 0 Å². The third kappa shape index (κ3) is 4.88. The van der Waals surface area contributed by atoms with E-state index in [0.717, 1.165) is 44.5 Å². The van der Waals surface area contributed by atoms with Crippen LogP contribution in [0.5, 0.6) is 0 Å². The van der Waals surface area contributed by atoms with Gasteiger partial charge in [0.15, 0.2) is 0 Å². The van der Waals surface area contributed by atoms with Gasteiger partial charge in [-0.15, -0.1) is 0 Å². The summed E-state index contributed by atoms with van der Waals surface area (Å²) in [4.78, 5) is 13.7. The summed E-state index contributed by atoms with van der Waals surface area (Å²) >= 11 is 0. The third-order valence-corrected chi connectivity index (χ3v) is 6.10. The Kier molecular flexibility index (Phi) is 6.82. The maximum absolute atomic E-state index is 11.2. The number of rotatable bonds is 9. The zero-order valence-corrected chi connectivity index (χ0v) is 17.6. The number of carbonyl (C=O) groups is 1. The Balaban J connectivity index is 1.50. The number of aliphatic hydroxyl groups is 1. The van der Waals surface area contributed by atoms with Gasteiger partial charge in [0.1, 0.15) is 0 Å². The molecule has 1 atom stereocenters. The lowest BCUT2D eigenvalue weighted by Crippen LogP contribution is -2.32. The van der Waals surface area contributed by atoms with Crippen molar-refractivity contribution in [1.82, 2.24) is 14.9 Å². The molecule has 6 heteroatoms. The second kappa shape index (κ2) is 9.92. The molecule has 0 saturated carbocycles. The van der Waals surface area contributed by atoms with E-state index in [2.05, 4.69) is 58.1 Å². The molecule has 162 valence electrons. The monoisotopic (exact) mass is 419 g/mol. The molecule has 0 saturated heterocycles. The highest BCUT2D eigenvalue weighted by molar-refractivity contribution is 5.90. The molecular weight excluding hydrogens is 390 g/mol. The molecular formula is C25H29N3O3. The van der Waals surface area contributed by atoms with E-state index in [1.807, 2.05) is 6.07 Å². The fraction of sp³-hybridized carbons (Fsp3) is 0.320. The van der Waals surface area contributed by atoms with Crippen LogP contribution in [0.15, 0.2) is 60.8 Å². The van der Waals surface area contributed by atoms with Crippen molar-refractivity contribution in [3.63, 3.8) is 0 Å². The molecule has 1 aromatic heterocycles. The molecule has 1 heterocycles. The van der Waals surface area contributed by atoms with Gasteiger partial charge in [-0.2, -0.15) is 0 Å². The molecule has 0 radical (unpaired) electrons. The number of para-hydroxylation sites is 1. The molecule has 1 aliphatic rings. The number of amides is 1. The van der Waals surface area contributed by atoms with Crippen LogP contribution in [0.1, 0.15) is 35.6 Å². The van der Waals surface area contributed by atoms with Crippen molar-refractivity contribution in [2.75, 3.05) is 19.7 Å². The molecule has 4 rings (SSSR count). The molecule has 3 aromatic rings. The Bertz CT molecular complexity index is 1070. The first kappa shape index (κ1) is 21.3. The van der Waals surface area contributed by atoms with Gasteiger partial charge >= 0.3 is 0 Å². The van der Waals surface area contributed by atoms with Gasteiger partial charge in [-0.05, 0) is 59.5 Å². The van der Waals surface area contributed by atoms with E-state index in [9.17, 15) is 9.90 Å². The number of nitrogens with one attached hydrogen (secondary N) is 1. The van der Waals surface area contributed by atoms with Crippen LogP contribution >= 0.6 is 0 Å².